The summed E-state index contributed by atoms with van der Waals surface area (Å²) in [6.07, 6.45) is -0.119. The van der Waals surface area contributed by atoms with Gasteiger partial charge >= 0.3 is 11.9 Å². The molecule has 1 atom stereocenters. The minimum atomic E-state index is -4.32. The fourth-order valence-electron chi connectivity index (χ4n) is 3.26. The first-order chi connectivity index (χ1) is 12.7. The molecular weight excluding hydrogens is 365 g/mol. The number of anilines is 1. The molecule has 1 aliphatic rings. The topological polar surface area (TPSA) is 99.2 Å². The number of nitrogens with one attached hydrogen (secondary N) is 2. The second-order valence-corrected chi connectivity index (χ2v) is 6.83. The normalized spacial score (nSPS) is 20.5. The standard InChI is InChI=1S/C16H15F3N6O2/c1-15(16(17,18)19)2-4-24(8-15)11-6-10(23-25-5-3-20-12(11)25)9-7-21-14(27)22-13(9)26/h3,5-7H,2,4,8H2,1H3,(H2,21,22,26,27). The highest BCUT2D eigenvalue weighted by molar-refractivity contribution is 5.74. The molecule has 1 saturated heterocycles. The quantitative estimate of drug-likeness (QED) is 0.703. The molecule has 11 heteroatoms. The monoisotopic (exact) mass is 380 g/mol. The SMILES string of the molecule is CC1(C(F)(F)F)CCN(c2cc(-c3c[nH]c(=O)[nH]c3=O)nn3ccnc23)C1. The van der Waals surface area contributed by atoms with Crippen LogP contribution in [0.3, 0.4) is 0 Å². The first-order valence-corrected chi connectivity index (χ1v) is 8.16. The van der Waals surface area contributed by atoms with Gasteiger partial charge in [-0.2, -0.15) is 18.3 Å². The van der Waals surface area contributed by atoms with E-state index >= 15 is 0 Å². The number of hydrogen-bond acceptors (Lipinski definition) is 5. The molecule has 0 bridgehead atoms. The smallest absolute Gasteiger partial charge is 0.368 e. The molecule has 0 radical (unpaired) electrons. The Morgan fingerprint density at radius 1 is 1.30 bits per heavy atom. The van der Waals surface area contributed by atoms with Crippen molar-refractivity contribution < 1.29 is 13.2 Å². The average molecular weight is 380 g/mol. The lowest BCUT2D eigenvalue weighted by Crippen LogP contribution is -2.38. The van der Waals surface area contributed by atoms with E-state index in [0.29, 0.717) is 11.3 Å². The van der Waals surface area contributed by atoms with E-state index in [1.807, 2.05) is 0 Å². The number of rotatable bonds is 2. The molecule has 0 aliphatic carbocycles. The number of aromatic amines is 2. The highest BCUT2D eigenvalue weighted by Gasteiger charge is 2.54. The zero-order valence-electron chi connectivity index (χ0n) is 14.2. The number of hydrogen-bond donors (Lipinski definition) is 2. The summed E-state index contributed by atoms with van der Waals surface area (Å²) in [5.74, 6) is 0. The van der Waals surface area contributed by atoms with Gasteiger partial charge in [-0.1, -0.05) is 0 Å². The molecule has 0 aromatic carbocycles. The van der Waals surface area contributed by atoms with Gasteiger partial charge < -0.3 is 9.88 Å². The van der Waals surface area contributed by atoms with Crippen LogP contribution in [-0.2, 0) is 0 Å². The van der Waals surface area contributed by atoms with Gasteiger partial charge in [0.05, 0.1) is 16.7 Å². The van der Waals surface area contributed by atoms with Crippen molar-refractivity contribution in [2.75, 3.05) is 18.0 Å². The summed E-state index contributed by atoms with van der Waals surface area (Å²) in [7, 11) is 0. The second kappa shape index (κ2) is 5.69. The molecule has 0 amide bonds. The number of fused-ring (bicyclic) bond motifs is 1. The van der Waals surface area contributed by atoms with Crippen LogP contribution in [0.25, 0.3) is 16.9 Å². The zero-order valence-corrected chi connectivity index (χ0v) is 14.2. The molecule has 2 N–H and O–H groups in total. The average Bonchev–Trinajstić information content (AvgIpc) is 3.20. The van der Waals surface area contributed by atoms with Gasteiger partial charge in [-0.05, 0) is 19.4 Å². The highest BCUT2D eigenvalue weighted by Crippen LogP contribution is 2.46. The Morgan fingerprint density at radius 2 is 2.07 bits per heavy atom. The number of H-pyrrole nitrogens is 2. The molecule has 0 saturated carbocycles. The van der Waals surface area contributed by atoms with Crippen LogP contribution in [-0.4, -0.2) is 43.8 Å². The van der Waals surface area contributed by atoms with Gasteiger partial charge in [0.15, 0.2) is 5.65 Å². The number of imidazole rings is 1. The van der Waals surface area contributed by atoms with Crippen molar-refractivity contribution in [3.8, 4) is 11.3 Å². The Balaban J connectivity index is 1.83. The lowest BCUT2D eigenvalue weighted by molar-refractivity contribution is -0.209. The lowest BCUT2D eigenvalue weighted by atomic mass is 9.89. The van der Waals surface area contributed by atoms with Crippen LogP contribution in [0.1, 0.15) is 13.3 Å². The summed E-state index contributed by atoms with van der Waals surface area (Å²) in [4.78, 5) is 33.6. The predicted molar refractivity (Wildman–Crippen MR) is 90.7 cm³/mol. The first kappa shape index (κ1) is 17.3. The van der Waals surface area contributed by atoms with E-state index < -0.39 is 22.8 Å². The van der Waals surface area contributed by atoms with Gasteiger partial charge in [0.2, 0.25) is 0 Å². The van der Waals surface area contributed by atoms with Crippen molar-refractivity contribution >= 4 is 11.3 Å². The van der Waals surface area contributed by atoms with Crippen LogP contribution in [0.15, 0.2) is 34.2 Å². The molecule has 1 fully saturated rings. The van der Waals surface area contributed by atoms with Crippen LogP contribution in [0.2, 0.25) is 0 Å². The molecule has 27 heavy (non-hydrogen) atoms. The third-order valence-electron chi connectivity index (χ3n) is 4.93. The third kappa shape index (κ3) is 2.78. The molecule has 1 aliphatic heterocycles. The van der Waals surface area contributed by atoms with E-state index in [1.54, 1.807) is 11.1 Å². The van der Waals surface area contributed by atoms with Gasteiger partial charge in [0.1, 0.15) is 5.69 Å². The molecule has 142 valence electrons. The van der Waals surface area contributed by atoms with Crippen molar-refractivity contribution in [2.45, 2.75) is 19.5 Å². The Labute approximate surface area is 149 Å². The maximum Gasteiger partial charge on any atom is 0.395 e. The Morgan fingerprint density at radius 3 is 2.74 bits per heavy atom. The molecule has 1 unspecified atom stereocenters. The maximum atomic E-state index is 13.4. The van der Waals surface area contributed by atoms with Crippen molar-refractivity contribution in [3.05, 3.63) is 45.5 Å². The van der Waals surface area contributed by atoms with Gasteiger partial charge in [0, 0.05) is 31.7 Å². The van der Waals surface area contributed by atoms with Crippen LogP contribution in [0.5, 0.6) is 0 Å². The van der Waals surface area contributed by atoms with E-state index in [-0.39, 0.29) is 30.8 Å². The van der Waals surface area contributed by atoms with Crippen molar-refractivity contribution in [1.82, 2.24) is 24.6 Å². The summed E-state index contributed by atoms with van der Waals surface area (Å²) in [5, 5.41) is 4.28. The van der Waals surface area contributed by atoms with E-state index in [9.17, 15) is 22.8 Å². The molecule has 0 spiro atoms. The second-order valence-electron chi connectivity index (χ2n) is 6.83. The fraction of sp³-hybridized carbons (Fsp3) is 0.375. The van der Waals surface area contributed by atoms with Gasteiger partial charge in [-0.25, -0.2) is 14.3 Å². The summed E-state index contributed by atoms with van der Waals surface area (Å²) in [6.45, 7) is 1.18. The van der Waals surface area contributed by atoms with Crippen LogP contribution in [0.4, 0.5) is 18.9 Å². The highest BCUT2D eigenvalue weighted by atomic mass is 19.4. The molecular formula is C16H15F3N6O2. The van der Waals surface area contributed by atoms with Crippen molar-refractivity contribution in [2.24, 2.45) is 5.41 Å². The van der Waals surface area contributed by atoms with Gasteiger partial charge in [0.25, 0.3) is 5.56 Å². The van der Waals surface area contributed by atoms with Crippen molar-refractivity contribution in [1.29, 1.82) is 0 Å². The van der Waals surface area contributed by atoms with Crippen LogP contribution >= 0.6 is 0 Å². The third-order valence-corrected chi connectivity index (χ3v) is 4.93. The van der Waals surface area contributed by atoms with E-state index in [1.165, 1.54) is 29.9 Å². The van der Waals surface area contributed by atoms with Gasteiger partial charge in [-0.15, -0.1) is 0 Å². The largest absolute Gasteiger partial charge is 0.395 e. The number of alkyl halides is 3. The van der Waals surface area contributed by atoms with Crippen molar-refractivity contribution in [3.63, 3.8) is 0 Å². The summed E-state index contributed by atoms with van der Waals surface area (Å²) in [5.41, 5.74) is -1.96. The Kier molecular flexibility index (Phi) is 3.65. The van der Waals surface area contributed by atoms with Gasteiger partial charge in [-0.3, -0.25) is 9.78 Å². The Bertz CT molecular complexity index is 1130. The molecule has 4 heterocycles. The van der Waals surface area contributed by atoms with Crippen LogP contribution in [0, 0.1) is 5.41 Å². The molecule has 3 aromatic heterocycles. The summed E-state index contributed by atoms with van der Waals surface area (Å²) < 4.78 is 41.6. The number of aromatic nitrogens is 5. The van der Waals surface area contributed by atoms with E-state index in [2.05, 4.69) is 20.1 Å². The lowest BCUT2D eigenvalue weighted by Gasteiger charge is -2.28. The number of halogens is 3. The maximum absolute atomic E-state index is 13.4. The molecule has 8 nitrogen and oxygen atoms in total. The minimum absolute atomic E-state index is 0.0414. The van der Waals surface area contributed by atoms with E-state index in [4.69, 9.17) is 0 Å². The molecule has 4 rings (SSSR count). The predicted octanol–water partition coefficient (Wildman–Crippen LogP) is 1.55. The molecule has 3 aromatic rings. The summed E-state index contributed by atoms with van der Waals surface area (Å²) in [6, 6.07) is 1.52. The Hall–Kier alpha value is -3.11. The first-order valence-electron chi connectivity index (χ1n) is 8.16. The number of nitrogens with zero attached hydrogens (tertiary/aromatic N) is 4. The van der Waals surface area contributed by atoms with E-state index in [0.717, 1.165) is 0 Å². The minimum Gasteiger partial charge on any atom is -0.368 e. The zero-order chi connectivity index (χ0) is 19.4. The fourth-order valence-corrected chi connectivity index (χ4v) is 3.26. The van der Waals surface area contributed by atoms with Crippen LogP contribution < -0.4 is 16.1 Å². The summed E-state index contributed by atoms with van der Waals surface area (Å²) >= 11 is 0.